The van der Waals surface area contributed by atoms with Crippen molar-refractivity contribution in [2.45, 2.75) is 13.8 Å². The topological polar surface area (TPSA) is 67.4 Å². The van der Waals surface area contributed by atoms with Crippen LogP contribution in [0.4, 0.5) is 0 Å². The van der Waals surface area contributed by atoms with Crippen molar-refractivity contribution in [2.75, 3.05) is 0 Å². The maximum absolute atomic E-state index is 9.41. The van der Waals surface area contributed by atoms with Crippen molar-refractivity contribution in [3.05, 3.63) is 156 Å². The van der Waals surface area contributed by atoms with E-state index < -0.39 is 0 Å². The van der Waals surface area contributed by atoms with E-state index >= 15 is 0 Å². The molecule has 2 aromatic heterocycles. The second-order valence-electron chi connectivity index (χ2n) is 11.8. The first-order valence-electron chi connectivity index (χ1n) is 15.6. The molecule has 47 heavy (non-hydrogen) atoms. The van der Waals surface area contributed by atoms with Gasteiger partial charge in [-0.1, -0.05) is 102 Å². The van der Waals surface area contributed by atoms with Crippen molar-refractivity contribution < 1.29 is 0 Å². The number of nitriles is 1. The fraction of sp³-hybridized carbons (Fsp3) is 0.0476. The summed E-state index contributed by atoms with van der Waals surface area (Å²) in [7, 11) is 0. The molecule has 0 atom stereocenters. The molecule has 8 aromatic rings. The van der Waals surface area contributed by atoms with Crippen LogP contribution in [0.25, 0.3) is 72.8 Å². The van der Waals surface area contributed by atoms with Crippen molar-refractivity contribution in [1.82, 2.24) is 19.5 Å². The summed E-state index contributed by atoms with van der Waals surface area (Å²) in [6.45, 7) is 4.27. The predicted molar refractivity (Wildman–Crippen MR) is 190 cm³/mol. The van der Waals surface area contributed by atoms with E-state index in [2.05, 4.69) is 79.1 Å². The van der Waals surface area contributed by atoms with Crippen molar-refractivity contribution in [1.29, 1.82) is 5.26 Å². The van der Waals surface area contributed by atoms with Gasteiger partial charge < -0.3 is 4.57 Å². The molecule has 0 aliphatic rings. The minimum atomic E-state index is 0.581. The summed E-state index contributed by atoms with van der Waals surface area (Å²) in [6, 6.07) is 49.7. The molecule has 0 amide bonds. The Labute approximate surface area is 273 Å². The van der Waals surface area contributed by atoms with E-state index in [0.717, 1.165) is 44.5 Å². The summed E-state index contributed by atoms with van der Waals surface area (Å²) in [5.74, 6) is 1.80. The van der Waals surface area contributed by atoms with Gasteiger partial charge in [-0.05, 0) is 73.5 Å². The van der Waals surface area contributed by atoms with Crippen molar-refractivity contribution in [2.24, 2.45) is 0 Å². The highest BCUT2D eigenvalue weighted by Crippen LogP contribution is 2.38. The van der Waals surface area contributed by atoms with E-state index in [1.807, 2.05) is 84.9 Å². The number of rotatable bonds is 5. The highest BCUT2D eigenvalue weighted by Gasteiger charge is 2.20. The summed E-state index contributed by atoms with van der Waals surface area (Å²) < 4.78 is 2.33. The van der Waals surface area contributed by atoms with Gasteiger partial charge in [0.25, 0.3) is 0 Å². The molecule has 2 heterocycles. The van der Waals surface area contributed by atoms with Crippen LogP contribution in [0.2, 0.25) is 0 Å². The lowest BCUT2D eigenvalue weighted by Crippen LogP contribution is -2.04. The van der Waals surface area contributed by atoms with Crippen LogP contribution in [0.5, 0.6) is 0 Å². The van der Waals surface area contributed by atoms with E-state index in [4.69, 9.17) is 15.0 Å². The first-order chi connectivity index (χ1) is 23.1. The zero-order valence-corrected chi connectivity index (χ0v) is 26.0. The van der Waals surface area contributed by atoms with Crippen LogP contribution in [0.1, 0.15) is 16.7 Å². The molecule has 0 spiro atoms. The van der Waals surface area contributed by atoms with Gasteiger partial charge in [0.05, 0.1) is 28.4 Å². The zero-order valence-electron chi connectivity index (χ0n) is 26.0. The second-order valence-corrected chi connectivity index (χ2v) is 11.8. The molecule has 0 aliphatic carbocycles. The number of hydrogen-bond acceptors (Lipinski definition) is 4. The van der Waals surface area contributed by atoms with Crippen LogP contribution in [0.3, 0.4) is 0 Å². The highest BCUT2D eigenvalue weighted by molar-refractivity contribution is 6.10. The number of hydrogen-bond donors (Lipinski definition) is 0. The zero-order chi connectivity index (χ0) is 31.9. The highest BCUT2D eigenvalue weighted by atomic mass is 15.1. The molecule has 0 saturated heterocycles. The Hall–Kier alpha value is -6.38. The Morgan fingerprint density at radius 3 is 1.53 bits per heavy atom. The second kappa shape index (κ2) is 11.5. The lowest BCUT2D eigenvalue weighted by Gasteiger charge is -2.16. The van der Waals surface area contributed by atoms with Crippen LogP contribution in [0.15, 0.2) is 140 Å². The van der Waals surface area contributed by atoms with Gasteiger partial charge >= 0.3 is 0 Å². The Bertz CT molecular complexity index is 2350. The number of nitrogens with zero attached hydrogens (tertiary/aromatic N) is 5. The lowest BCUT2D eigenvalue weighted by atomic mass is 10.00. The molecular formula is C42H29N5. The summed E-state index contributed by atoms with van der Waals surface area (Å²) in [5.41, 5.74) is 11.0. The quantitative estimate of drug-likeness (QED) is 0.196. The van der Waals surface area contributed by atoms with Crippen LogP contribution in [0, 0.1) is 25.2 Å². The molecule has 8 rings (SSSR count). The Kier molecular flexibility index (Phi) is 6.89. The van der Waals surface area contributed by atoms with E-state index in [0.29, 0.717) is 23.0 Å². The minimum absolute atomic E-state index is 0.581. The van der Waals surface area contributed by atoms with Crippen LogP contribution in [-0.2, 0) is 0 Å². The number of aromatic nitrogens is 4. The standard InChI is InChI=1S/C42H29N5/c1-27-13-20-37-34(23-27)35-24-28(2)14-21-38(35)47(37)39-22-19-33(30-17-15-29(26-43)16-18-30)25-36(39)42-45-40(31-9-5-3-6-10-31)44-41(46-42)32-11-7-4-8-12-32/h3-25H,1-2H3. The summed E-state index contributed by atoms with van der Waals surface area (Å²) in [4.78, 5) is 15.2. The average molecular weight is 604 g/mol. The van der Waals surface area contributed by atoms with E-state index in [-0.39, 0.29) is 0 Å². The molecule has 0 N–H and O–H groups in total. The Balaban J connectivity index is 1.45. The summed E-state index contributed by atoms with van der Waals surface area (Å²) >= 11 is 0. The lowest BCUT2D eigenvalue weighted by molar-refractivity contribution is 1.06. The maximum atomic E-state index is 9.41. The largest absolute Gasteiger partial charge is 0.309 e. The Morgan fingerprint density at radius 2 is 1.00 bits per heavy atom. The molecule has 5 nitrogen and oxygen atoms in total. The molecule has 0 fully saturated rings. The third kappa shape index (κ3) is 5.12. The van der Waals surface area contributed by atoms with Gasteiger partial charge in [0.2, 0.25) is 0 Å². The molecule has 222 valence electrons. The van der Waals surface area contributed by atoms with Gasteiger partial charge in [-0.2, -0.15) is 5.26 Å². The van der Waals surface area contributed by atoms with Gasteiger partial charge in [-0.25, -0.2) is 15.0 Å². The molecule has 0 bridgehead atoms. The van der Waals surface area contributed by atoms with E-state index in [1.54, 1.807) is 0 Å². The maximum Gasteiger partial charge on any atom is 0.166 e. The van der Waals surface area contributed by atoms with E-state index in [9.17, 15) is 5.26 Å². The van der Waals surface area contributed by atoms with Gasteiger partial charge in [0.15, 0.2) is 17.5 Å². The predicted octanol–water partition coefficient (Wildman–Crippen LogP) is 10.1. The number of fused-ring (bicyclic) bond motifs is 3. The fourth-order valence-electron chi connectivity index (χ4n) is 6.27. The summed E-state index contributed by atoms with van der Waals surface area (Å²) in [6.07, 6.45) is 0. The van der Waals surface area contributed by atoms with Crippen molar-refractivity contribution in [3.63, 3.8) is 0 Å². The van der Waals surface area contributed by atoms with Crippen molar-refractivity contribution >= 4 is 21.8 Å². The molecule has 5 heteroatoms. The SMILES string of the molecule is Cc1ccc2c(c1)c1cc(C)ccc1n2-c1ccc(-c2ccc(C#N)cc2)cc1-c1nc(-c2ccccc2)nc(-c2ccccc2)n1. The number of aryl methyl sites for hydroxylation is 2. The fourth-order valence-corrected chi connectivity index (χ4v) is 6.27. The van der Waals surface area contributed by atoms with Gasteiger partial charge in [0.1, 0.15) is 0 Å². The average Bonchev–Trinajstić information content (AvgIpc) is 3.44. The monoisotopic (exact) mass is 603 g/mol. The molecule has 6 aromatic carbocycles. The third-order valence-electron chi connectivity index (χ3n) is 8.60. The molecule has 0 unspecified atom stereocenters. The molecular weight excluding hydrogens is 574 g/mol. The summed E-state index contributed by atoms with van der Waals surface area (Å²) in [5, 5.41) is 11.8. The molecule has 0 aliphatic heterocycles. The minimum Gasteiger partial charge on any atom is -0.309 e. The van der Waals surface area contributed by atoms with Gasteiger partial charge in [0, 0.05) is 27.5 Å². The van der Waals surface area contributed by atoms with Gasteiger partial charge in [-0.3, -0.25) is 0 Å². The normalized spacial score (nSPS) is 11.2. The third-order valence-corrected chi connectivity index (χ3v) is 8.60. The first-order valence-corrected chi connectivity index (χ1v) is 15.6. The van der Waals surface area contributed by atoms with Gasteiger partial charge in [-0.15, -0.1) is 0 Å². The molecule has 0 saturated carbocycles. The van der Waals surface area contributed by atoms with Crippen LogP contribution < -0.4 is 0 Å². The molecule has 0 radical (unpaired) electrons. The van der Waals surface area contributed by atoms with E-state index in [1.165, 1.54) is 21.9 Å². The number of benzene rings is 6. The Morgan fingerprint density at radius 1 is 0.489 bits per heavy atom. The van der Waals surface area contributed by atoms with Crippen LogP contribution >= 0.6 is 0 Å². The van der Waals surface area contributed by atoms with Crippen LogP contribution in [-0.4, -0.2) is 19.5 Å². The van der Waals surface area contributed by atoms with Crippen molar-refractivity contribution in [3.8, 4) is 57.0 Å². The smallest absolute Gasteiger partial charge is 0.166 e. The first kappa shape index (κ1) is 28.1.